The van der Waals surface area contributed by atoms with E-state index in [0.717, 1.165) is 16.9 Å². The van der Waals surface area contributed by atoms with E-state index in [4.69, 9.17) is 9.47 Å². The van der Waals surface area contributed by atoms with E-state index < -0.39 is 11.7 Å². The van der Waals surface area contributed by atoms with E-state index in [1.165, 1.54) is 0 Å². The number of phenols is 1. The number of fused-ring (bicyclic) bond motifs is 1. The first-order valence-electron chi connectivity index (χ1n) is 7.97. The molecule has 3 N–H and O–H groups in total. The standard InChI is InChI=1S/C19H23NO4/c1-12-16(21)5-4-6-17(12)24-18-15-8-7-14(23-3)9-13(15)10-19(18,22)11-20-2/h4-9,18,20-22H,10-11H2,1-3H3. The number of hydrogen-bond donors (Lipinski definition) is 3. The van der Waals surface area contributed by atoms with Crippen LogP contribution in [-0.4, -0.2) is 36.5 Å². The first-order chi connectivity index (χ1) is 11.5. The lowest BCUT2D eigenvalue weighted by atomic mass is 9.97. The van der Waals surface area contributed by atoms with Crippen LogP contribution in [0.2, 0.25) is 0 Å². The van der Waals surface area contributed by atoms with Crippen molar-refractivity contribution in [2.24, 2.45) is 0 Å². The normalized spacial score (nSPS) is 22.2. The fourth-order valence-electron chi connectivity index (χ4n) is 3.32. The molecule has 0 radical (unpaired) electrons. The summed E-state index contributed by atoms with van der Waals surface area (Å²) >= 11 is 0. The highest BCUT2D eigenvalue weighted by atomic mass is 16.5. The van der Waals surface area contributed by atoms with Crippen molar-refractivity contribution in [3.05, 3.63) is 53.1 Å². The second-order valence-corrected chi connectivity index (χ2v) is 6.27. The molecule has 2 unspecified atom stereocenters. The second-order valence-electron chi connectivity index (χ2n) is 6.27. The number of aliphatic hydroxyl groups is 1. The maximum Gasteiger partial charge on any atom is 0.154 e. The molecular formula is C19H23NO4. The average molecular weight is 329 g/mol. The van der Waals surface area contributed by atoms with Crippen molar-refractivity contribution >= 4 is 0 Å². The summed E-state index contributed by atoms with van der Waals surface area (Å²) in [6.45, 7) is 2.19. The quantitative estimate of drug-likeness (QED) is 0.785. The maximum absolute atomic E-state index is 11.2. The SMILES string of the molecule is CNCC1(O)Cc2cc(OC)ccc2C1Oc1cccc(O)c1C. The van der Waals surface area contributed by atoms with Crippen LogP contribution >= 0.6 is 0 Å². The molecule has 3 rings (SSSR count). The van der Waals surface area contributed by atoms with Crippen LogP contribution in [0.3, 0.4) is 0 Å². The first kappa shape index (κ1) is 16.6. The van der Waals surface area contributed by atoms with Gasteiger partial charge in [0.05, 0.1) is 7.11 Å². The lowest BCUT2D eigenvalue weighted by molar-refractivity contribution is -0.0487. The third kappa shape index (κ3) is 2.81. The number of likely N-dealkylation sites (N-methyl/N-ethyl adjacent to an activating group) is 1. The fourth-order valence-corrected chi connectivity index (χ4v) is 3.32. The van der Waals surface area contributed by atoms with Crippen LogP contribution in [0.5, 0.6) is 17.2 Å². The predicted molar refractivity (Wildman–Crippen MR) is 91.8 cm³/mol. The van der Waals surface area contributed by atoms with Crippen molar-refractivity contribution < 1.29 is 19.7 Å². The Hall–Kier alpha value is -2.24. The lowest BCUT2D eigenvalue weighted by Gasteiger charge is -2.31. The number of phenolic OH excluding ortho intramolecular Hbond substituents is 1. The van der Waals surface area contributed by atoms with Crippen molar-refractivity contribution in [2.45, 2.75) is 25.0 Å². The van der Waals surface area contributed by atoms with Crippen LogP contribution in [0, 0.1) is 6.92 Å². The number of nitrogens with one attached hydrogen (secondary N) is 1. The zero-order valence-corrected chi connectivity index (χ0v) is 14.2. The van der Waals surface area contributed by atoms with E-state index in [1.807, 2.05) is 18.2 Å². The van der Waals surface area contributed by atoms with Gasteiger partial charge in [-0.25, -0.2) is 0 Å². The van der Waals surface area contributed by atoms with Crippen molar-refractivity contribution in [3.8, 4) is 17.2 Å². The number of aromatic hydroxyl groups is 1. The summed E-state index contributed by atoms with van der Waals surface area (Å²) in [6, 6.07) is 10.9. The van der Waals surface area contributed by atoms with Crippen LogP contribution in [0.25, 0.3) is 0 Å². The topological polar surface area (TPSA) is 71.0 Å². The zero-order valence-electron chi connectivity index (χ0n) is 14.2. The Balaban J connectivity index is 2.01. The average Bonchev–Trinajstić information content (AvgIpc) is 2.83. The van der Waals surface area contributed by atoms with Gasteiger partial charge in [-0.2, -0.15) is 0 Å². The molecule has 2 aromatic carbocycles. The molecule has 0 bridgehead atoms. The van der Waals surface area contributed by atoms with Crippen molar-refractivity contribution in [3.63, 3.8) is 0 Å². The van der Waals surface area contributed by atoms with Gasteiger partial charge in [-0.05, 0) is 49.4 Å². The van der Waals surface area contributed by atoms with Crippen LogP contribution in [0.15, 0.2) is 36.4 Å². The van der Waals surface area contributed by atoms with E-state index in [9.17, 15) is 10.2 Å². The third-order valence-corrected chi connectivity index (χ3v) is 4.60. The van der Waals surface area contributed by atoms with Gasteiger partial charge < -0.3 is 25.0 Å². The number of rotatable bonds is 5. The minimum absolute atomic E-state index is 0.178. The Morgan fingerprint density at radius 3 is 2.79 bits per heavy atom. The van der Waals surface area contributed by atoms with Gasteiger partial charge in [-0.1, -0.05) is 12.1 Å². The number of hydrogen-bond acceptors (Lipinski definition) is 5. The van der Waals surface area contributed by atoms with Gasteiger partial charge in [0, 0.05) is 18.5 Å². The van der Waals surface area contributed by atoms with Gasteiger partial charge in [0.15, 0.2) is 6.10 Å². The molecule has 2 atom stereocenters. The largest absolute Gasteiger partial charge is 0.508 e. The van der Waals surface area contributed by atoms with E-state index in [1.54, 1.807) is 39.3 Å². The van der Waals surface area contributed by atoms with Gasteiger partial charge in [-0.3, -0.25) is 0 Å². The molecule has 1 aliphatic rings. The minimum Gasteiger partial charge on any atom is -0.508 e. The molecule has 1 aliphatic carbocycles. The Labute approximate surface area is 141 Å². The monoisotopic (exact) mass is 329 g/mol. The van der Waals surface area contributed by atoms with Crippen LogP contribution in [0.1, 0.15) is 22.8 Å². The van der Waals surface area contributed by atoms with E-state index in [2.05, 4.69) is 5.32 Å². The Morgan fingerprint density at radius 1 is 1.29 bits per heavy atom. The highest BCUT2D eigenvalue weighted by Crippen LogP contribution is 2.44. The molecule has 0 aromatic heterocycles. The molecule has 0 saturated heterocycles. The molecule has 0 spiro atoms. The minimum atomic E-state index is -1.07. The molecule has 0 fully saturated rings. The zero-order chi connectivity index (χ0) is 17.3. The third-order valence-electron chi connectivity index (χ3n) is 4.60. The molecular weight excluding hydrogens is 306 g/mol. The van der Waals surface area contributed by atoms with Gasteiger partial charge in [-0.15, -0.1) is 0 Å². The smallest absolute Gasteiger partial charge is 0.154 e. The van der Waals surface area contributed by atoms with Crippen LogP contribution in [0.4, 0.5) is 0 Å². The summed E-state index contributed by atoms with van der Waals surface area (Å²) in [4.78, 5) is 0. The Kier molecular flexibility index (Phi) is 4.39. The van der Waals surface area contributed by atoms with Crippen LogP contribution in [-0.2, 0) is 6.42 Å². The molecule has 5 nitrogen and oxygen atoms in total. The summed E-state index contributed by atoms with van der Waals surface area (Å²) in [7, 11) is 3.43. The van der Waals surface area contributed by atoms with Crippen molar-refractivity contribution in [2.75, 3.05) is 20.7 Å². The molecule has 0 aliphatic heterocycles. The molecule has 2 aromatic rings. The molecule has 5 heteroatoms. The van der Waals surface area contributed by atoms with Gasteiger partial charge in [0.25, 0.3) is 0 Å². The van der Waals surface area contributed by atoms with E-state index in [-0.39, 0.29) is 5.75 Å². The van der Waals surface area contributed by atoms with Crippen LogP contribution < -0.4 is 14.8 Å². The summed E-state index contributed by atoms with van der Waals surface area (Å²) in [6.07, 6.45) is -0.0468. The highest BCUT2D eigenvalue weighted by Gasteiger charge is 2.46. The van der Waals surface area contributed by atoms with Gasteiger partial charge >= 0.3 is 0 Å². The summed E-state index contributed by atoms with van der Waals surface area (Å²) in [5.74, 6) is 1.51. The number of ether oxygens (including phenoxy) is 2. The number of methoxy groups -OCH3 is 1. The second kappa shape index (κ2) is 6.34. The summed E-state index contributed by atoms with van der Waals surface area (Å²) in [5.41, 5.74) is 1.54. The van der Waals surface area contributed by atoms with Gasteiger partial charge in [0.1, 0.15) is 22.8 Å². The molecule has 0 saturated carbocycles. The molecule has 0 amide bonds. The molecule has 128 valence electrons. The van der Waals surface area contributed by atoms with Crippen molar-refractivity contribution in [1.29, 1.82) is 0 Å². The maximum atomic E-state index is 11.2. The van der Waals surface area contributed by atoms with Gasteiger partial charge in [0.2, 0.25) is 0 Å². The number of benzene rings is 2. The fraction of sp³-hybridized carbons (Fsp3) is 0.368. The molecule has 0 heterocycles. The van der Waals surface area contributed by atoms with E-state index >= 15 is 0 Å². The van der Waals surface area contributed by atoms with Crippen molar-refractivity contribution in [1.82, 2.24) is 5.32 Å². The highest BCUT2D eigenvalue weighted by molar-refractivity contribution is 5.47. The first-order valence-corrected chi connectivity index (χ1v) is 7.97. The predicted octanol–water partition coefficient (Wildman–Crippen LogP) is 2.34. The summed E-state index contributed by atoms with van der Waals surface area (Å²) < 4.78 is 11.4. The Bertz CT molecular complexity index is 746. The summed E-state index contributed by atoms with van der Waals surface area (Å²) in [5, 5.41) is 24.1. The molecule has 24 heavy (non-hydrogen) atoms. The lowest BCUT2D eigenvalue weighted by Crippen LogP contribution is -2.45. The van der Waals surface area contributed by atoms with E-state index in [0.29, 0.717) is 24.3 Å². The Morgan fingerprint density at radius 2 is 2.08 bits per heavy atom.